The van der Waals surface area contributed by atoms with Crippen LogP contribution in [0.1, 0.15) is 18.2 Å². The molecule has 4 heteroatoms. The quantitative estimate of drug-likeness (QED) is 0.687. The molecular weight excluding hydrogens is 188 g/mol. The first-order valence-electron chi connectivity index (χ1n) is 3.91. The van der Waals surface area contributed by atoms with Gasteiger partial charge in [0.25, 0.3) is 5.56 Å². The van der Waals surface area contributed by atoms with Crippen LogP contribution in [0.4, 0.5) is 0 Å². The highest BCUT2D eigenvalue weighted by molar-refractivity contribution is 6.31. The third-order valence-corrected chi connectivity index (χ3v) is 2.19. The minimum Gasteiger partial charge on any atom is -0.312 e. The second-order valence-electron chi connectivity index (χ2n) is 2.67. The lowest BCUT2D eigenvalue weighted by Gasteiger charge is -2.07. The van der Waals surface area contributed by atoms with Crippen molar-refractivity contribution < 1.29 is 0 Å². The number of hydrogen-bond acceptors (Lipinski definition) is 2. The number of hydrogen-bond donors (Lipinski definition) is 0. The number of aromatic nitrogens is 1. The number of aryl methyl sites for hydroxylation is 1. The minimum absolute atomic E-state index is 0.0223. The van der Waals surface area contributed by atoms with Gasteiger partial charge in [0.15, 0.2) is 0 Å². The summed E-state index contributed by atoms with van der Waals surface area (Å²) in [4.78, 5) is 11.5. The van der Waals surface area contributed by atoms with Crippen molar-refractivity contribution in [1.82, 2.24) is 4.57 Å². The SMILES string of the molecule is CCn1c(C)cc(Cl)c(C#N)c1=O. The zero-order chi connectivity index (χ0) is 10.0. The maximum Gasteiger partial charge on any atom is 0.270 e. The Balaban J connectivity index is 3.61. The predicted octanol–water partition coefficient (Wildman–Crippen LogP) is 1.70. The molecule has 0 unspecified atom stereocenters. The van der Waals surface area contributed by atoms with Gasteiger partial charge in [0, 0.05) is 12.2 Å². The topological polar surface area (TPSA) is 45.8 Å². The van der Waals surface area contributed by atoms with Crippen LogP contribution in [-0.2, 0) is 6.54 Å². The molecule has 0 spiro atoms. The Morgan fingerprint density at radius 3 is 2.77 bits per heavy atom. The number of rotatable bonds is 1. The van der Waals surface area contributed by atoms with Crippen LogP contribution >= 0.6 is 11.6 Å². The van der Waals surface area contributed by atoms with Crippen molar-refractivity contribution in [1.29, 1.82) is 5.26 Å². The lowest BCUT2D eigenvalue weighted by Crippen LogP contribution is -2.24. The van der Waals surface area contributed by atoms with Crippen molar-refractivity contribution in [3.05, 3.63) is 32.7 Å². The Hall–Kier alpha value is -1.27. The Morgan fingerprint density at radius 2 is 2.31 bits per heavy atom. The molecule has 0 atom stereocenters. The third-order valence-electron chi connectivity index (χ3n) is 1.89. The lowest BCUT2D eigenvalue weighted by atomic mass is 10.2. The Kier molecular flexibility index (Phi) is 2.74. The van der Waals surface area contributed by atoms with Gasteiger partial charge in [-0.1, -0.05) is 11.6 Å². The smallest absolute Gasteiger partial charge is 0.270 e. The average molecular weight is 197 g/mol. The van der Waals surface area contributed by atoms with Gasteiger partial charge in [0.05, 0.1) is 5.02 Å². The molecule has 0 aliphatic heterocycles. The van der Waals surface area contributed by atoms with E-state index in [1.807, 2.05) is 6.92 Å². The van der Waals surface area contributed by atoms with E-state index in [0.29, 0.717) is 6.54 Å². The van der Waals surface area contributed by atoms with Crippen LogP contribution < -0.4 is 5.56 Å². The predicted molar refractivity (Wildman–Crippen MR) is 50.8 cm³/mol. The summed E-state index contributed by atoms with van der Waals surface area (Å²) in [5.41, 5.74) is 0.487. The van der Waals surface area contributed by atoms with E-state index in [0.717, 1.165) is 5.69 Å². The normalized spacial score (nSPS) is 9.69. The Morgan fingerprint density at radius 1 is 1.69 bits per heavy atom. The highest BCUT2D eigenvalue weighted by Crippen LogP contribution is 2.12. The van der Waals surface area contributed by atoms with E-state index in [4.69, 9.17) is 16.9 Å². The Bertz CT molecular complexity index is 428. The molecule has 3 nitrogen and oxygen atoms in total. The molecule has 1 aromatic heterocycles. The van der Waals surface area contributed by atoms with E-state index in [9.17, 15) is 4.79 Å². The second kappa shape index (κ2) is 3.63. The fourth-order valence-electron chi connectivity index (χ4n) is 1.23. The molecule has 13 heavy (non-hydrogen) atoms. The van der Waals surface area contributed by atoms with Crippen molar-refractivity contribution in [2.45, 2.75) is 20.4 Å². The molecule has 0 radical (unpaired) electrons. The monoisotopic (exact) mass is 196 g/mol. The largest absolute Gasteiger partial charge is 0.312 e. The van der Waals surface area contributed by atoms with E-state index >= 15 is 0 Å². The van der Waals surface area contributed by atoms with Crippen molar-refractivity contribution in [2.24, 2.45) is 0 Å². The van der Waals surface area contributed by atoms with E-state index in [-0.39, 0.29) is 16.1 Å². The summed E-state index contributed by atoms with van der Waals surface area (Å²) in [5.74, 6) is 0. The highest BCUT2D eigenvalue weighted by Gasteiger charge is 2.09. The molecule has 0 saturated heterocycles. The highest BCUT2D eigenvalue weighted by atomic mass is 35.5. The Labute approximate surface area is 81.2 Å². The van der Waals surface area contributed by atoms with Crippen LogP contribution in [0.15, 0.2) is 10.9 Å². The van der Waals surface area contributed by atoms with Crippen LogP contribution in [0.3, 0.4) is 0 Å². The van der Waals surface area contributed by atoms with Gasteiger partial charge in [-0.05, 0) is 19.9 Å². The molecule has 0 amide bonds. The molecule has 0 fully saturated rings. The first kappa shape index (κ1) is 9.82. The summed E-state index contributed by atoms with van der Waals surface area (Å²) in [5, 5.41) is 8.89. The standard InChI is InChI=1S/C9H9ClN2O/c1-3-12-6(2)4-8(10)7(5-11)9(12)13/h4H,3H2,1-2H3. The van der Waals surface area contributed by atoms with Crippen LogP contribution in [0.25, 0.3) is 0 Å². The summed E-state index contributed by atoms with van der Waals surface area (Å²) >= 11 is 5.73. The zero-order valence-corrected chi connectivity index (χ0v) is 8.22. The third kappa shape index (κ3) is 1.58. The summed E-state index contributed by atoms with van der Waals surface area (Å²) in [6.45, 7) is 4.19. The molecule has 0 aliphatic carbocycles. The summed E-state index contributed by atoms with van der Waals surface area (Å²) in [6.07, 6.45) is 0. The van der Waals surface area contributed by atoms with Gasteiger partial charge < -0.3 is 4.57 Å². The van der Waals surface area contributed by atoms with E-state index in [2.05, 4.69) is 0 Å². The molecule has 0 aliphatic rings. The van der Waals surface area contributed by atoms with Crippen molar-refractivity contribution in [3.63, 3.8) is 0 Å². The maximum atomic E-state index is 11.5. The lowest BCUT2D eigenvalue weighted by molar-refractivity contribution is 0.698. The van der Waals surface area contributed by atoms with Crippen LogP contribution in [-0.4, -0.2) is 4.57 Å². The van der Waals surface area contributed by atoms with Crippen LogP contribution in [0, 0.1) is 18.3 Å². The van der Waals surface area contributed by atoms with Crippen molar-refractivity contribution in [2.75, 3.05) is 0 Å². The average Bonchev–Trinajstić information content (AvgIpc) is 2.04. The first-order valence-corrected chi connectivity index (χ1v) is 4.29. The van der Waals surface area contributed by atoms with Gasteiger partial charge >= 0.3 is 0 Å². The fourth-order valence-corrected chi connectivity index (χ4v) is 1.51. The van der Waals surface area contributed by atoms with Crippen LogP contribution in [0.5, 0.6) is 0 Å². The van der Waals surface area contributed by atoms with Gasteiger partial charge in [0.1, 0.15) is 11.6 Å². The molecule has 1 heterocycles. The summed E-state index contributed by atoms with van der Waals surface area (Å²) in [7, 11) is 0. The van der Waals surface area contributed by atoms with Gasteiger partial charge in [-0.2, -0.15) is 5.26 Å². The van der Waals surface area contributed by atoms with E-state index < -0.39 is 0 Å². The molecular formula is C9H9ClN2O. The molecule has 68 valence electrons. The first-order chi connectivity index (χ1) is 6.11. The summed E-state index contributed by atoms with van der Waals surface area (Å²) in [6, 6.07) is 3.43. The van der Waals surface area contributed by atoms with Crippen molar-refractivity contribution >= 4 is 11.6 Å². The molecule has 0 N–H and O–H groups in total. The number of nitriles is 1. The number of pyridine rings is 1. The molecule has 1 rings (SSSR count). The van der Waals surface area contributed by atoms with Gasteiger partial charge in [-0.25, -0.2) is 0 Å². The summed E-state index contributed by atoms with van der Waals surface area (Å²) < 4.78 is 1.52. The van der Waals surface area contributed by atoms with Gasteiger partial charge in [-0.3, -0.25) is 4.79 Å². The zero-order valence-electron chi connectivity index (χ0n) is 7.47. The van der Waals surface area contributed by atoms with Gasteiger partial charge in [0.2, 0.25) is 0 Å². The molecule has 0 saturated carbocycles. The van der Waals surface area contributed by atoms with Gasteiger partial charge in [-0.15, -0.1) is 0 Å². The molecule has 0 bridgehead atoms. The number of nitrogens with zero attached hydrogens (tertiary/aromatic N) is 2. The van der Waals surface area contributed by atoms with Crippen molar-refractivity contribution in [3.8, 4) is 6.07 Å². The number of halogens is 1. The fraction of sp³-hybridized carbons (Fsp3) is 0.333. The second-order valence-corrected chi connectivity index (χ2v) is 3.08. The van der Waals surface area contributed by atoms with E-state index in [1.54, 1.807) is 19.1 Å². The maximum absolute atomic E-state index is 11.5. The minimum atomic E-state index is -0.310. The molecule has 0 aromatic carbocycles. The van der Waals surface area contributed by atoms with Crippen LogP contribution in [0.2, 0.25) is 5.02 Å². The molecule has 1 aromatic rings. The van der Waals surface area contributed by atoms with E-state index in [1.165, 1.54) is 4.57 Å².